The number of amides is 1. The molecule has 0 spiro atoms. The fourth-order valence-corrected chi connectivity index (χ4v) is 3.07. The first-order valence-electron chi connectivity index (χ1n) is 8.24. The minimum absolute atomic E-state index is 0.00437. The largest absolute Gasteiger partial charge is 0.480 e. The second-order valence-electron chi connectivity index (χ2n) is 6.11. The molecule has 1 atom stereocenters. The molecule has 2 N–H and O–H groups in total. The van der Waals surface area contributed by atoms with Crippen LogP contribution in [0.3, 0.4) is 0 Å². The van der Waals surface area contributed by atoms with E-state index in [4.69, 9.17) is 0 Å². The van der Waals surface area contributed by atoms with Gasteiger partial charge in [0.25, 0.3) is 0 Å². The first kappa shape index (κ1) is 16.5. The Balaban J connectivity index is 1.79. The molecule has 0 heterocycles. The SMILES string of the molecule is O=C(N[C@H](CCCc1ccccc1)C(=O)O)C1CCCCC1. The second-order valence-corrected chi connectivity index (χ2v) is 6.11. The molecule has 120 valence electrons. The second kappa shape index (κ2) is 8.57. The third kappa shape index (κ3) is 5.17. The molecule has 0 aliphatic heterocycles. The summed E-state index contributed by atoms with van der Waals surface area (Å²) < 4.78 is 0. The Morgan fingerprint density at radius 2 is 1.82 bits per heavy atom. The van der Waals surface area contributed by atoms with E-state index in [2.05, 4.69) is 5.32 Å². The van der Waals surface area contributed by atoms with Crippen LogP contribution in [0.25, 0.3) is 0 Å². The van der Waals surface area contributed by atoms with Crippen molar-refractivity contribution in [2.24, 2.45) is 5.92 Å². The fourth-order valence-electron chi connectivity index (χ4n) is 3.07. The number of carbonyl (C=O) groups is 2. The van der Waals surface area contributed by atoms with Crippen molar-refractivity contribution in [1.82, 2.24) is 5.32 Å². The van der Waals surface area contributed by atoms with Gasteiger partial charge in [0, 0.05) is 5.92 Å². The number of aryl methyl sites for hydroxylation is 1. The Hall–Kier alpha value is -1.84. The molecule has 1 fully saturated rings. The highest BCUT2D eigenvalue weighted by atomic mass is 16.4. The van der Waals surface area contributed by atoms with E-state index in [0.29, 0.717) is 6.42 Å². The smallest absolute Gasteiger partial charge is 0.326 e. The average Bonchev–Trinajstić information content (AvgIpc) is 2.55. The van der Waals surface area contributed by atoms with Gasteiger partial charge in [-0.2, -0.15) is 0 Å². The van der Waals surface area contributed by atoms with Crippen LogP contribution in [0.4, 0.5) is 0 Å². The summed E-state index contributed by atoms with van der Waals surface area (Å²) in [6.45, 7) is 0. The van der Waals surface area contributed by atoms with Crippen molar-refractivity contribution in [2.45, 2.75) is 57.4 Å². The van der Waals surface area contributed by atoms with Crippen LogP contribution in [0.15, 0.2) is 30.3 Å². The number of carboxylic acid groups (broad SMARTS) is 1. The first-order valence-corrected chi connectivity index (χ1v) is 8.24. The average molecular weight is 303 g/mol. The highest BCUT2D eigenvalue weighted by molar-refractivity contribution is 5.84. The molecule has 0 unspecified atom stereocenters. The number of carbonyl (C=O) groups excluding carboxylic acids is 1. The van der Waals surface area contributed by atoms with E-state index in [1.807, 2.05) is 30.3 Å². The summed E-state index contributed by atoms with van der Waals surface area (Å²) in [5.74, 6) is -1.01. The highest BCUT2D eigenvalue weighted by Crippen LogP contribution is 2.23. The zero-order chi connectivity index (χ0) is 15.8. The molecule has 22 heavy (non-hydrogen) atoms. The van der Waals surface area contributed by atoms with Crippen molar-refractivity contribution in [2.75, 3.05) is 0 Å². The molecule has 1 aliphatic rings. The first-order chi connectivity index (χ1) is 10.7. The molecule has 1 aromatic rings. The van der Waals surface area contributed by atoms with Gasteiger partial charge >= 0.3 is 5.97 Å². The van der Waals surface area contributed by atoms with Crippen LogP contribution in [0.1, 0.15) is 50.5 Å². The van der Waals surface area contributed by atoms with Crippen molar-refractivity contribution < 1.29 is 14.7 Å². The Bertz CT molecular complexity index is 480. The van der Waals surface area contributed by atoms with Gasteiger partial charge < -0.3 is 10.4 Å². The molecule has 4 heteroatoms. The maximum Gasteiger partial charge on any atom is 0.326 e. The third-order valence-corrected chi connectivity index (χ3v) is 4.39. The van der Waals surface area contributed by atoms with E-state index in [1.54, 1.807) is 0 Å². The monoisotopic (exact) mass is 303 g/mol. The number of nitrogens with one attached hydrogen (secondary N) is 1. The summed E-state index contributed by atoms with van der Waals surface area (Å²) in [4.78, 5) is 23.5. The number of hydrogen-bond donors (Lipinski definition) is 2. The quantitative estimate of drug-likeness (QED) is 0.813. The van der Waals surface area contributed by atoms with Gasteiger partial charge in [0.2, 0.25) is 5.91 Å². The number of hydrogen-bond acceptors (Lipinski definition) is 2. The van der Waals surface area contributed by atoms with Crippen LogP contribution in [0, 0.1) is 5.92 Å². The normalized spacial score (nSPS) is 16.9. The van der Waals surface area contributed by atoms with Gasteiger partial charge in [0.15, 0.2) is 0 Å². The summed E-state index contributed by atoms with van der Waals surface area (Å²) in [6.07, 6.45) is 7.18. The van der Waals surface area contributed by atoms with Crippen LogP contribution in [-0.2, 0) is 16.0 Å². The molecule has 1 aliphatic carbocycles. The Labute approximate surface area is 131 Å². The zero-order valence-electron chi connectivity index (χ0n) is 13.0. The number of rotatable bonds is 7. The molecular formula is C18H25NO3. The molecule has 1 saturated carbocycles. The van der Waals surface area contributed by atoms with Crippen LogP contribution in [-0.4, -0.2) is 23.0 Å². The highest BCUT2D eigenvalue weighted by Gasteiger charge is 2.26. The lowest BCUT2D eigenvalue weighted by Gasteiger charge is -2.23. The van der Waals surface area contributed by atoms with Crippen molar-refractivity contribution in [3.8, 4) is 0 Å². The molecule has 1 amide bonds. The molecule has 0 bridgehead atoms. The standard InChI is InChI=1S/C18H25NO3/c20-17(15-11-5-2-6-12-15)19-16(18(21)22)13-7-10-14-8-3-1-4-9-14/h1,3-4,8-9,15-16H,2,5-7,10-13H2,(H,19,20)(H,21,22)/t16-/m1/s1. The van der Waals surface area contributed by atoms with Gasteiger partial charge in [-0.15, -0.1) is 0 Å². The molecule has 0 saturated heterocycles. The van der Waals surface area contributed by atoms with Crippen molar-refractivity contribution >= 4 is 11.9 Å². The van der Waals surface area contributed by atoms with Gasteiger partial charge in [0.1, 0.15) is 6.04 Å². The Kier molecular flexibility index (Phi) is 6.44. The van der Waals surface area contributed by atoms with Crippen LogP contribution < -0.4 is 5.32 Å². The minimum atomic E-state index is -0.933. The van der Waals surface area contributed by atoms with Crippen molar-refractivity contribution in [3.05, 3.63) is 35.9 Å². The molecular weight excluding hydrogens is 278 g/mol. The summed E-state index contributed by atoms with van der Waals surface area (Å²) in [6, 6.07) is 9.24. The van der Waals surface area contributed by atoms with E-state index in [-0.39, 0.29) is 11.8 Å². The van der Waals surface area contributed by atoms with E-state index in [1.165, 1.54) is 12.0 Å². The van der Waals surface area contributed by atoms with Crippen molar-refractivity contribution in [1.29, 1.82) is 0 Å². The molecule has 1 aromatic carbocycles. The van der Waals surface area contributed by atoms with Crippen molar-refractivity contribution in [3.63, 3.8) is 0 Å². The predicted octanol–water partition coefficient (Wildman–Crippen LogP) is 3.16. The number of benzene rings is 1. The lowest BCUT2D eigenvalue weighted by molar-refractivity contribution is -0.142. The minimum Gasteiger partial charge on any atom is -0.480 e. The Morgan fingerprint density at radius 1 is 1.14 bits per heavy atom. The van der Waals surface area contributed by atoms with Gasteiger partial charge in [0.05, 0.1) is 0 Å². The Morgan fingerprint density at radius 3 is 2.45 bits per heavy atom. The van der Waals surface area contributed by atoms with E-state index >= 15 is 0 Å². The predicted molar refractivity (Wildman–Crippen MR) is 85.5 cm³/mol. The van der Waals surface area contributed by atoms with E-state index in [0.717, 1.165) is 38.5 Å². The zero-order valence-corrected chi connectivity index (χ0v) is 13.0. The lowest BCUT2D eigenvalue weighted by atomic mass is 9.88. The van der Waals surface area contributed by atoms with Gasteiger partial charge in [-0.05, 0) is 37.7 Å². The van der Waals surface area contributed by atoms with Gasteiger partial charge in [-0.1, -0.05) is 49.6 Å². The van der Waals surface area contributed by atoms with E-state index in [9.17, 15) is 14.7 Å². The molecule has 0 aromatic heterocycles. The van der Waals surface area contributed by atoms with Gasteiger partial charge in [-0.3, -0.25) is 4.79 Å². The number of carboxylic acids is 1. The van der Waals surface area contributed by atoms with Crippen LogP contribution >= 0.6 is 0 Å². The molecule has 2 rings (SSSR count). The molecule has 0 radical (unpaired) electrons. The summed E-state index contributed by atoms with van der Waals surface area (Å²) in [5.41, 5.74) is 1.20. The lowest BCUT2D eigenvalue weighted by Crippen LogP contribution is -2.44. The topological polar surface area (TPSA) is 66.4 Å². The number of aliphatic carboxylic acids is 1. The van der Waals surface area contributed by atoms with Crippen LogP contribution in [0.5, 0.6) is 0 Å². The molecule has 4 nitrogen and oxygen atoms in total. The van der Waals surface area contributed by atoms with E-state index < -0.39 is 12.0 Å². The fraction of sp³-hybridized carbons (Fsp3) is 0.556. The third-order valence-electron chi connectivity index (χ3n) is 4.39. The summed E-state index contributed by atoms with van der Waals surface area (Å²) >= 11 is 0. The summed E-state index contributed by atoms with van der Waals surface area (Å²) in [5, 5.41) is 12.0. The summed E-state index contributed by atoms with van der Waals surface area (Å²) in [7, 11) is 0. The maximum absolute atomic E-state index is 12.2. The van der Waals surface area contributed by atoms with Crippen LogP contribution in [0.2, 0.25) is 0 Å². The maximum atomic E-state index is 12.2. The van der Waals surface area contributed by atoms with Gasteiger partial charge in [-0.25, -0.2) is 4.79 Å².